The summed E-state index contributed by atoms with van der Waals surface area (Å²) >= 11 is 0. The predicted octanol–water partition coefficient (Wildman–Crippen LogP) is 4.33. The Kier molecular flexibility index (Phi) is 4.94. The van der Waals surface area contributed by atoms with Crippen LogP contribution in [0, 0.1) is 11.2 Å². The zero-order valence-electron chi connectivity index (χ0n) is 11.7. The lowest BCUT2D eigenvalue weighted by Gasteiger charge is -2.17. The number of hydrogen-bond donors (Lipinski definition) is 1. The zero-order valence-corrected chi connectivity index (χ0v) is 11.7. The summed E-state index contributed by atoms with van der Waals surface area (Å²) in [6.45, 7) is 3.91. The maximum absolute atomic E-state index is 13.2. The Balaban J connectivity index is 1.77. The van der Waals surface area contributed by atoms with Gasteiger partial charge in [0.15, 0.2) is 0 Å². The molecule has 0 aromatic heterocycles. The number of fused-ring (bicyclic) bond motifs is 1. The fraction of sp³-hybridized carbons (Fsp3) is 0.562. The standard InChI is InChI=1S/C16H23FN2/c1-2-3-4-5-6-7-10-19-12-13-8-9-14(17)11-15(13)16(19)18/h8-9,11,18H,2-7,10,12H2,1H3. The van der Waals surface area contributed by atoms with E-state index in [1.54, 1.807) is 6.07 Å². The van der Waals surface area contributed by atoms with Gasteiger partial charge >= 0.3 is 0 Å². The van der Waals surface area contributed by atoms with Crippen LogP contribution >= 0.6 is 0 Å². The molecule has 19 heavy (non-hydrogen) atoms. The van der Waals surface area contributed by atoms with Crippen molar-refractivity contribution in [1.29, 1.82) is 5.41 Å². The van der Waals surface area contributed by atoms with Crippen molar-refractivity contribution in [2.24, 2.45) is 0 Å². The molecule has 0 fully saturated rings. The van der Waals surface area contributed by atoms with Gasteiger partial charge in [0.2, 0.25) is 0 Å². The molecular weight excluding hydrogens is 239 g/mol. The van der Waals surface area contributed by atoms with Crippen LogP contribution < -0.4 is 0 Å². The minimum Gasteiger partial charge on any atom is -0.352 e. The molecule has 1 heterocycles. The first-order valence-corrected chi connectivity index (χ1v) is 7.34. The Morgan fingerprint density at radius 3 is 2.68 bits per heavy atom. The number of halogens is 1. The molecular formula is C16H23FN2. The molecule has 1 aromatic rings. The minimum atomic E-state index is -0.245. The lowest BCUT2D eigenvalue weighted by molar-refractivity contribution is 0.407. The summed E-state index contributed by atoms with van der Waals surface area (Å²) in [5, 5.41) is 8.09. The van der Waals surface area contributed by atoms with Crippen LogP contribution in [0.25, 0.3) is 0 Å². The van der Waals surface area contributed by atoms with Crippen LogP contribution in [0.5, 0.6) is 0 Å². The van der Waals surface area contributed by atoms with E-state index in [9.17, 15) is 4.39 Å². The Hall–Kier alpha value is -1.38. The zero-order chi connectivity index (χ0) is 13.7. The van der Waals surface area contributed by atoms with E-state index in [1.165, 1.54) is 44.2 Å². The van der Waals surface area contributed by atoms with Gasteiger partial charge in [-0.05, 0) is 24.1 Å². The van der Waals surface area contributed by atoms with Gasteiger partial charge in [-0.1, -0.05) is 45.1 Å². The molecule has 1 aliphatic rings. The van der Waals surface area contributed by atoms with Crippen molar-refractivity contribution in [2.45, 2.75) is 52.0 Å². The van der Waals surface area contributed by atoms with Crippen LogP contribution in [0.2, 0.25) is 0 Å². The van der Waals surface area contributed by atoms with Gasteiger partial charge < -0.3 is 4.90 Å². The summed E-state index contributed by atoms with van der Waals surface area (Å²) in [6.07, 6.45) is 7.56. The summed E-state index contributed by atoms with van der Waals surface area (Å²) < 4.78 is 13.2. The third-order valence-electron chi connectivity index (χ3n) is 3.79. The summed E-state index contributed by atoms with van der Waals surface area (Å²) in [5.74, 6) is 0.243. The van der Waals surface area contributed by atoms with Crippen molar-refractivity contribution in [1.82, 2.24) is 4.90 Å². The quantitative estimate of drug-likeness (QED) is 0.728. The molecule has 2 rings (SSSR count). The number of hydrogen-bond acceptors (Lipinski definition) is 1. The van der Waals surface area contributed by atoms with Crippen LogP contribution in [0.1, 0.15) is 56.6 Å². The second kappa shape index (κ2) is 6.69. The van der Waals surface area contributed by atoms with Gasteiger partial charge in [0, 0.05) is 18.7 Å². The molecule has 1 N–H and O–H groups in total. The van der Waals surface area contributed by atoms with Crippen molar-refractivity contribution < 1.29 is 4.39 Å². The molecule has 0 spiro atoms. The number of nitrogens with zero attached hydrogens (tertiary/aromatic N) is 1. The molecule has 2 nitrogen and oxygen atoms in total. The van der Waals surface area contributed by atoms with Crippen molar-refractivity contribution in [3.05, 3.63) is 35.1 Å². The van der Waals surface area contributed by atoms with Gasteiger partial charge in [-0.25, -0.2) is 4.39 Å². The van der Waals surface area contributed by atoms with E-state index < -0.39 is 0 Å². The van der Waals surface area contributed by atoms with E-state index >= 15 is 0 Å². The van der Waals surface area contributed by atoms with Crippen molar-refractivity contribution >= 4 is 5.84 Å². The van der Waals surface area contributed by atoms with E-state index in [2.05, 4.69) is 11.8 Å². The van der Waals surface area contributed by atoms with Crippen LogP contribution in [0.15, 0.2) is 18.2 Å². The molecule has 0 saturated carbocycles. The number of amidine groups is 1. The fourth-order valence-electron chi connectivity index (χ4n) is 2.64. The Morgan fingerprint density at radius 2 is 1.89 bits per heavy atom. The smallest absolute Gasteiger partial charge is 0.128 e. The van der Waals surface area contributed by atoms with Gasteiger partial charge in [0.25, 0.3) is 0 Å². The summed E-state index contributed by atoms with van der Waals surface area (Å²) in [5.41, 5.74) is 1.85. The highest BCUT2D eigenvalue weighted by molar-refractivity contribution is 6.00. The molecule has 3 heteroatoms. The van der Waals surface area contributed by atoms with E-state index in [0.717, 1.165) is 30.6 Å². The molecule has 0 saturated heterocycles. The first-order chi connectivity index (χ1) is 9.22. The van der Waals surface area contributed by atoms with Crippen molar-refractivity contribution in [3.8, 4) is 0 Å². The molecule has 1 aliphatic heterocycles. The molecule has 0 bridgehead atoms. The Labute approximate surface area is 115 Å². The summed E-state index contributed by atoms with van der Waals surface area (Å²) in [6, 6.07) is 4.78. The monoisotopic (exact) mass is 262 g/mol. The number of rotatable bonds is 7. The lowest BCUT2D eigenvalue weighted by Crippen LogP contribution is -2.25. The third kappa shape index (κ3) is 3.55. The molecule has 0 radical (unpaired) electrons. The Morgan fingerprint density at radius 1 is 1.16 bits per heavy atom. The molecule has 0 unspecified atom stereocenters. The van der Waals surface area contributed by atoms with Crippen molar-refractivity contribution in [3.63, 3.8) is 0 Å². The normalized spacial score (nSPS) is 14.0. The number of unbranched alkanes of at least 4 members (excludes halogenated alkanes) is 5. The summed E-state index contributed by atoms with van der Waals surface area (Å²) in [4.78, 5) is 2.06. The number of nitrogens with one attached hydrogen (secondary N) is 1. The molecule has 0 aliphatic carbocycles. The van der Waals surface area contributed by atoms with Gasteiger partial charge in [-0.2, -0.15) is 0 Å². The molecule has 1 aromatic carbocycles. The van der Waals surface area contributed by atoms with Gasteiger partial charge in [0.05, 0.1) is 0 Å². The first-order valence-electron chi connectivity index (χ1n) is 7.34. The van der Waals surface area contributed by atoms with E-state index in [0.29, 0.717) is 5.84 Å². The molecule has 0 atom stereocenters. The first kappa shape index (κ1) is 14.0. The number of benzene rings is 1. The average Bonchev–Trinajstić information content (AvgIpc) is 2.71. The second-order valence-electron chi connectivity index (χ2n) is 5.34. The largest absolute Gasteiger partial charge is 0.352 e. The fourth-order valence-corrected chi connectivity index (χ4v) is 2.64. The van der Waals surface area contributed by atoms with Gasteiger partial charge in [-0.3, -0.25) is 5.41 Å². The minimum absolute atomic E-state index is 0.245. The lowest BCUT2D eigenvalue weighted by atomic mass is 10.1. The van der Waals surface area contributed by atoms with Gasteiger partial charge in [0.1, 0.15) is 11.7 Å². The predicted molar refractivity (Wildman–Crippen MR) is 77.0 cm³/mol. The highest BCUT2D eigenvalue weighted by atomic mass is 19.1. The van der Waals surface area contributed by atoms with E-state index in [1.807, 2.05) is 0 Å². The van der Waals surface area contributed by atoms with E-state index in [4.69, 9.17) is 5.41 Å². The summed E-state index contributed by atoms with van der Waals surface area (Å²) in [7, 11) is 0. The molecule has 104 valence electrons. The maximum atomic E-state index is 13.2. The van der Waals surface area contributed by atoms with E-state index in [-0.39, 0.29) is 5.82 Å². The highest BCUT2D eigenvalue weighted by Gasteiger charge is 2.23. The van der Waals surface area contributed by atoms with Crippen LogP contribution in [-0.4, -0.2) is 17.3 Å². The molecule has 0 amide bonds. The highest BCUT2D eigenvalue weighted by Crippen LogP contribution is 2.23. The van der Waals surface area contributed by atoms with Crippen molar-refractivity contribution in [2.75, 3.05) is 6.54 Å². The third-order valence-corrected chi connectivity index (χ3v) is 3.79. The van der Waals surface area contributed by atoms with Gasteiger partial charge in [-0.15, -0.1) is 0 Å². The maximum Gasteiger partial charge on any atom is 0.128 e. The second-order valence-corrected chi connectivity index (χ2v) is 5.34. The SMILES string of the molecule is CCCCCCCCN1Cc2ccc(F)cc2C1=N. The van der Waals surface area contributed by atoms with Crippen LogP contribution in [0.3, 0.4) is 0 Å². The van der Waals surface area contributed by atoms with Crippen LogP contribution in [-0.2, 0) is 6.54 Å². The van der Waals surface area contributed by atoms with Crippen LogP contribution in [0.4, 0.5) is 4.39 Å². The topological polar surface area (TPSA) is 27.1 Å². The average molecular weight is 262 g/mol. The Bertz CT molecular complexity index is 442.